The normalized spacial score (nSPS) is 28.2. The van der Waals surface area contributed by atoms with Crippen LogP contribution in [0.2, 0.25) is 0 Å². The first-order chi connectivity index (χ1) is 7.01. The van der Waals surface area contributed by atoms with Crippen LogP contribution in [0.5, 0.6) is 0 Å². The van der Waals surface area contributed by atoms with Gasteiger partial charge in [-0.1, -0.05) is 0 Å². The third-order valence-electron chi connectivity index (χ3n) is 2.69. The molecule has 1 atom stereocenters. The number of hydrogen-bond donors (Lipinski definition) is 3. The summed E-state index contributed by atoms with van der Waals surface area (Å²) in [5, 5.41) is 14.0. The van der Waals surface area contributed by atoms with Gasteiger partial charge in [0.25, 0.3) is 5.91 Å². The summed E-state index contributed by atoms with van der Waals surface area (Å²) in [4.78, 5) is 33.5. The molecule has 2 fully saturated rings. The molecule has 0 radical (unpaired) electrons. The number of imide groups is 1. The third-order valence-corrected chi connectivity index (χ3v) is 2.69. The highest BCUT2D eigenvalue weighted by Crippen LogP contribution is 2.35. The number of carbonyl (C=O) groups excluding carboxylic acids is 3. The van der Waals surface area contributed by atoms with Gasteiger partial charge < -0.3 is 10.4 Å². The summed E-state index contributed by atoms with van der Waals surface area (Å²) in [5.41, 5.74) is -1.28. The smallest absolute Gasteiger partial charge is 0.252 e. The van der Waals surface area contributed by atoms with E-state index in [9.17, 15) is 19.5 Å². The maximum atomic E-state index is 11.4. The molecule has 82 valence electrons. The maximum absolute atomic E-state index is 11.4. The van der Waals surface area contributed by atoms with Crippen molar-refractivity contribution >= 4 is 17.7 Å². The molecule has 3 amide bonds. The fourth-order valence-corrected chi connectivity index (χ4v) is 1.47. The summed E-state index contributed by atoms with van der Waals surface area (Å²) in [5.74, 6) is -1.34. The fraction of sp³-hybridized carbons (Fsp3) is 0.667. The third kappa shape index (κ3) is 1.99. The van der Waals surface area contributed by atoms with Crippen LogP contribution in [0.15, 0.2) is 0 Å². The first-order valence-electron chi connectivity index (χ1n) is 4.88. The van der Waals surface area contributed by atoms with E-state index in [0.29, 0.717) is 19.3 Å². The first kappa shape index (κ1) is 10.1. The average Bonchev–Trinajstić information content (AvgIpc) is 2.90. The molecule has 15 heavy (non-hydrogen) atoms. The zero-order chi connectivity index (χ0) is 11.1. The molecule has 0 bridgehead atoms. The Morgan fingerprint density at radius 2 is 2.13 bits per heavy atom. The Morgan fingerprint density at radius 3 is 2.67 bits per heavy atom. The van der Waals surface area contributed by atoms with Crippen molar-refractivity contribution < 1.29 is 19.5 Å². The van der Waals surface area contributed by atoms with Gasteiger partial charge in [-0.15, -0.1) is 0 Å². The molecule has 6 heteroatoms. The molecule has 1 heterocycles. The summed E-state index contributed by atoms with van der Waals surface area (Å²) in [6, 6.07) is -0.695. The number of aliphatic hydroxyl groups is 1. The minimum atomic E-state index is -1.28. The SMILES string of the molecule is O=C1CCC(NC(=O)C2(O)CC2)C(=O)N1. The second-order valence-corrected chi connectivity index (χ2v) is 4.01. The molecule has 3 N–H and O–H groups in total. The lowest BCUT2D eigenvalue weighted by molar-refractivity contribution is -0.140. The molecule has 1 aliphatic heterocycles. The van der Waals surface area contributed by atoms with Crippen molar-refractivity contribution in [3.05, 3.63) is 0 Å². The zero-order valence-electron chi connectivity index (χ0n) is 8.08. The van der Waals surface area contributed by atoms with Crippen molar-refractivity contribution in [3.63, 3.8) is 0 Å². The molecule has 2 rings (SSSR count). The van der Waals surface area contributed by atoms with Crippen LogP contribution in [-0.4, -0.2) is 34.5 Å². The first-order valence-corrected chi connectivity index (χ1v) is 4.88. The van der Waals surface area contributed by atoms with Crippen LogP contribution in [0.1, 0.15) is 25.7 Å². The van der Waals surface area contributed by atoms with E-state index in [0.717, 1.165) is 0 Å². The van der Waals surface area contributed by atoms with E-state index in [-0.39, 0.29) is 12.3 Å². The Morgan fingerprint density at radius 1 is 1.47 bits per heavy atom. The van der Waals surface area contributed by atoms with Gasteiger partial charge in [0, 0.05) is 6.42 Å². The number of nitrogens with one attached hydrogen (secondary N) is 2. The lowest BCUT2D eigenvalue weighted by Gasteiger charge is -2.22. The summed E-state index contributed by atoms with van der Waals surface area (Å²) in [6.45, 7) is 0. The average molecular weight is 212 g/mol. The van der Waals surface area contributed by atoms with Crippen molar-refractivity contribution in [3.8, 4) is 0 Å². The van der Waals surface area contributed by atoms with Gasteiger partial charge in [-0.2, -0.15) is 0 Å². The van der Waals surface area contributed by atoms with Gasteiger partial charge in [0.05, 0.1) is 0 Å². The summed E-state index contributed by atoms with van der Waals surface area (Å²) < 4.78 is 0. The van der Waals surface area contributed by atoms with E-state index in [1.807, 2.05) is 0 Å². The second kappa shape index (κ2) is 3.30. The van der Waals surface area contributed by atoms with Gasteiger partial charge in [-0.3, -0.25) is 19.7 Å². The molecule has 0 spiro atoms. The zero-order valence-corrected chi connectivity index (χ0v) is 8.08. The van der Waals surface area contributed by atoms with Crippen LogP contribution in [0.3, 0.4) is 0 Å². The van der Waals surface area contributed by atoms with Crippen LogP contribution in [0.4, 0.5) is 0 Å². The molecular formula is C9H12N2O4. The minimum absolute atomic E-state index is 0.217. The lowest BCUT2D eigenvalue weighted by atomic mass is 10.1. The molecule has 1 aliphatic carbocycles. The van der Waals surface area contributed by atoms with Crippen molar-refractivity contribution in [2.75, 3.05) is 0 Å². The van der Waals surface area contributed by atoms with Crippen LogP contribution in [0, 0.1) is 0 Å². The fourth-order valence-electron chi connectivity index (χ4n) is 1.47. The van der Waals surface area contributed by atoms with Gasteiger partial charge in [-0.05, 0) is 19.3 Å². The van der Waals surface area contributed by atoms with Gasteiger partial charge >= 0.3 is 0 Å². The van der Waals surface area contributed by atoms with E-state index < -0.39 is 23.5 Å². The van der Waals surface area contributed by atoms with E-state index in [1.165, 1.54) is 0 Å². The topological polar surface area (TPSA) is 95.5 Å². The quantitative estimate of drug-likeness (QED) is 0.482. The lowest BCUT2D eigenvalue weighted by Crippen LogP contribution is -2.54. The molecule has 6 nitrogen and oxygen atoms in total. The predicted molar refractivity (Wildman–Crippen MR) is 48.5 cm³/mol. The maximum Gasteiger partial charge on any atom is 0.252 e. The van der Waals surface area contributed by atoms with E-state index in [1.54, 1.807) is 0 Å². The number of carbonyl (C=O) groups is 3. The van der Waals surface area contributed by atoms with Crippen LogP contribution >= 0.6 is 0 Å². The van der Waals surface area contributed by atoms with Crippen LogP contribution in [0.25, 0.3) is 0 Å². The van der Waals surface area contributed by atoms with Gasteiger partial charge in [-0.25, -0.2) is 0 Å². The van der Waals surface area contributed by atoms with Gasteiger partial charge in [0.15, 0.2) is 0 Å². The number of amides is 3. The Labute approximate surface area is 86.0 Å². The molecular weight excluding hydrogens is 200 g/mol. The van der Waals surface area contributed by atoms with Gasteiger partial charge in [0.1, 0.15) is 11.6 Å². The molecule has 2 aliphatic rings. The molecule has 0 aromatic rings. The van der Waals surface area contributed by atoms with Crippen molar-refractivity contribution in [2.45, 2.75) is 37.3 Å². The minimum Gasteiger partial charge on any atom is -0.380 e. The van der Waals surface area contributed by atoms with Crippen molar-refractivity contribution in [2.24, 2.45) is 0 Å². The highest BCUT2D eigenvalue weighted by atomic mass is 16.3. The van der Waals surface area contributed by atoms with Crippen molar-refractivity contribution in [1.29, 1.82) is 0 Å². The molecule has 0 aromatic heterocycles. The molecule has 0 aromatic carbocycles. The Kier molecular flexibility index (Phi) is 2.22. The van der Waals surface area contributed by atoms with Crippen LogP contribution < -0.4 is 10.6 Å². The monoisotopic (exact) mass is 212 g/mol. The van der Waals surface area contributed by atoms with E-state index in [2.05, 4.69) is 10.6 Å². The summed E-state index contributed by atoms with van der Waals surface area (Å²) in [6.07, 6.45) is 1.39. The molecule has 1 saturated carbocycles. The standard InChI is InChI=1S/C9H12N2O4/c12-6-2-1-5(7(13)11-6)10-8(14)9(15)3-4-9/h5,15H,1-4H2,(H,10,14)(H,11,12,13). The number of rotatable bonds is 2. The summed E-state index contributed by atoms with van der Waals surface area (Å²) in [7, 11) is 0. The Bertz CT molecular complexity index is 335. The van der Waals surface area contributed by atoms with Gasteiger partial charge in [0.2, 0.25) is 11.8 Å². The molecule has 1 saturated heterocycles. The largest absolute Gasteiger partial charge is 0.380 e. The Hall–Kier alpha value is -1.43. The number of hydrogen-bond acceptors (Lipinski definition) is 4. The second-order valence-electron chi connectivity index (χ2n) is 4.01. The summed E-state index contributed by atoms with van der Waals surface area (Å²) >= 11 is 0. The number of piperidine rings is 1. The van der Waals surface area contributed by atoms with E-state index in [4.69, 9.17) is 0 Å². The highest BCUT2D eigenvalue weighted by Gasteiger charge is 2.49. The Balaban J connectivity index is 1.92. The molecule has 1 unspecified atom stereocenters. The van der Waals surface area contributed by atoms with Crippen molar-refractivity contribution in [1.82, 2.24) is 10.6 Å². The van der Waals surface area contributed by atoms with E-state index >= 15 is 0 Å². The van der Waals surface area contributed by atoms with Crippen LogP contribution in [-0.2, 0) is 14.4 Å². The predicted octanol–water partition coefficient (Wildman–Crippen LogP) is -1.57. The highest BCUT2D eigenvalue weighted by molar-refractivity contribution is 6.02.